The largest absolute Gasteiger partial charge is 0.350 e. The van der Waals surface area contributed by atoms with Gasteiger partial charge in [-0.15, -0.1) is 0 Å². The van der Waals surface area contributed by atoms with Crippen molar-refractivity contribution in [3.05, 3.63) is 17.5 Å². The van der Waals surface area contributed by atoms with Crippen LogP contribution in [-0.4, -0.2) is 45.8 Å². The molecule has 0 bridgehead atoms. The molecule has 5 heteroatoms. The molecule has 1 aromatic rings. The van der Waals surface area contributed by atoms with E-state index in [0.717, 1.165) is 18.7 Å². The molecule has 0 atom stereocenters. The van der Waals surface area contributed by atoms with Gasteiger partial charge in [0.25, 0.3) is 5.91 Å². The lowest BCUT2D eigenvalue weighted by Crippen LogP contribution is -2.48. The van der Waals surface area contributed by atoms with Crippen LogP contribution in [-0.2, 0) is 6.54 Å². The van der Waals surface area contributed by atoms with E-state index in [-0.39, 0.29) is 11.4 Å². The van der Waals surface area contributed by atoms with E-state index in [1.54, 1.807) is 6.20 Å². The van der Waals surface area contributed by atoms with Crippen LogP contribution in [0.3, 0.4) is 0 Å². The molecule has 0 aromatic carbocycles. The fourth-order valence-electron chi connectivity index (χ4n) is 4.70. The van der Waals surface area contributed by atoms with E-state index in [4.69, 9.17) is 0 Å². The Hall–Kier alpha value is -1.36. The van der Waals surface area contributed by atoms with Gasteiger partial charge in [-0.1, -0.05) is 13.8 Å². The number of hydrogen-bond acceptors (Lipinski definition) is 3. The van der Waals surface area contributed by atoms with Crippen molar-refractivity contribution in [2.45, 2.75) is 70.4 Å². The molecular weight excluding hydrogens is 300 g/mol. The van der Waals surface area contributed by atoms with Crippen molar-refractivity contribution in [3.63, 3.8) is 0 Å². The van der Waals surface area contributed by atoms with Gasteiger partial charge in [-0.25, -0.2) is 0 Å². The van der Waals surface area contributed by atoms with Crippen LogP contribution in [0, 0.1) is 5.92 Å². The first-order valence-corrected chi connectivity index (χ1v) is 9.68. The first-order chi connectivity index (χ1) is 11.6. The fraction of sp³-hybridized carbons (Fsp3) is 0.789. The standard InChI is InChI=1S/C19H30N4O/c1-14(2)12-23-17(15-5-6-15)16(11-21-23)18(24)20-13-19-7-3-9-22(19)10-4-8-19/h11,14-15H,3-10,12-13H2,1-2H3,(H,20,24). The van der Waals surface area contributed by atoms with Crippen molar-refractivity contribution in [1.29, 1.82) is 0 Å². The molecule has 24 heavy (non-hydrogen) atoms. The predicted molar refractivity (Wildman–Crippen MR) is 94.1 cm³/mol. The number of aromatic nitrogens is 2. The normalized spacial score (nSPS) is 23.0. The summed E-state index contributed by atoms with van der Waals surface area (Å²) >= 11 is 0. The van der Waals surface area contributed by atoms with Gasteiger partial charge >= 0.3 is 0 Å². The molecule has 1 amide bonds. The molecule has 1 N–H and O–H groups in total. The van der Waals surface area contributed by atoms with E-state index in [9.17, 15) is 4.79 Å². The summed E-state index contributed by atoms with van der Waals surface area (Å²) in [6.07, 6.45) is 9.20. The van der Waals surface area contributed by atoms with Gasteiger partial charge in [-0.05, 0) is 57.5 Å². The number of nitrogens with zero attached hydrogens (tertiary/aromatic N) is 3. The van der Waals surface area contributed by atoms with Gasteiger partial charge in [0, 0.05) is 24.5 Å². The summed E-state index contributed by atoms with van der Waals surface area (Å²) in [7, 11) is 0. The van der Waals surface area contributed by atoms with Crippen molar-refractivity contribution < 1.29 is 4.79 Å². The third-order valence-corrected chi connectivity index (χ3v) is 6.02. The monoisotopic (exact) mass is 330 g/mol. The van der Waals surface area contributed by atoms with Crippen LogP contribution in [0.25, 0.3) is 0 Å². The van der Waals surface area contributed by atoms with Gasteiger partial charge in [-0.2, -0.15) is 5.10 Å². The van der Waals surface area contributed by atoms with Gasteiger partial charge in [0.15, 0.2) is 0 Å². The number of nitrogens with one attached hydrogen (secondary N) is 1. The van der Waals surface area contributed by atoms with Gasteiger partial charge < -0.3 is 5.32 Å². The Bertz CT molecular complexity index is 607. The van der Waals surface area contributed by atoms with Crippen molar-refractivity contribution in [3.8, 4) is 0 Å². The molecule has 3 aliphatic rings. The van der Waals surface area contributed by atoms with Crippen LogP contribution in [0.2, 0.25) is 0 Å². The minimum absolute atomic E-state index is 0.0834. The minimum atomic E-state index is 0.0834. The molecule has 0 spiro atoms. The zero-order chi connectivity index (χ0) is 16.7. The molecule has 0 radical (unpaired) electrons. The summed E-state index contributed by atoms with van der Waals surface area (Å²) in [4.78, 5) is 15.5. The maximum Gasteiger partial charge on any atom is 0.254 e. The summed E-state index contributed by atoms with van der Waals surface area (Å²) in [5, 5.41) is 7.79. The molecule has 2 saturated heterocycles. The number of fused-ring (bicyclic) bond motifs is 1. The van der Waals surface area contributed by atoms with E-state index in [1.165, 1.54) is 57.3 Å². The van der Waals surface area contributed by atoms with Crippen molar-refractivity contribution in [2.75, 3.05) is 19.6 Å². The number of carbonyl (C=O) groups is 1. The molecule has 0 unspecified atom stereocenters. The summed E-state index contributed by atoms with van der Waals surface area (Å²) < 4.78 is 2.08. The van der Waals surface area contributed by atoms with Crippen LogP contribution in [0.4, 0.5) is 0 Å². The van der Waals surface area contributed by atoms with Crippen LogP contribution in [0.1, 0.15) is 74.3 Å². The molecule has 4 rings (SSSR count). The molecule has 132 valence electrons. The van der Waals surface area contributed by atoms with E-state index >= 15 is 0 Å². The molecule has 1 aliphatic carbocycles. The Balaban J connectivity index is 1.47. The van der Waals surface area contributed by atoms with Crippen LogP contribution in [0.15, 0.2) is 6.20 Å². The molecule has 5 nitrogen and oxygen atoms in total. The third kappa shape index (κ3) is 2.87. The SMILES string of the molecule is CC(C)Cn1ncc(C(=O)NCC23CCCN2CCC3)c1C1CC1. The molecule has 2 aliphatic heterocycles. The molecule has 1 saturated carbocycles. The Morgan fingerprint density at radius 1 is 1.33 bits per heavy atom. The highest BCUT2D eigenvalue weighted by Crippen LogP contribution is 2.42. The summed E-state index contributed by atoms with van der Waals surface area (Å²) in [6, 6.07) is 0. The maximum atomic E-state index is 12.9. The minimum Gasteiger partial charge on any atom is -0.350 e. The lowest BCUT2D eigenvalue weighted by molar-refractivity contribution is 0.0918. The van der Waals surface area contributed by atoms with Crippen molar-refractivity contribution in [1.82, 2.24) is 20.0 Å². The quantitative estimate of drug-likeness (QED) is 0.872. The molecular formula is C19H30N4O. The number of hydrogen-bond donors (Lipinski definition) is 1. The zero-order valence-electron chi connectivity index (χ0n) is 15.1. The molecule has 3 fully saturated rings. The van der Waals surface area contributed by atoms with Crippen molar-refractivity contribution >= 4 is 5.91 Å². The fourth-order valence-corrected chi connectivity index (χ4v) is 4.70. The zero-order valence-corrected chi connectivity index (χ0v) is 15.1. The van der Waals surface area contributed by atoms with Crippen LogP contribution >= 0.6 is 0 Å². The highest BCUT2D eigenvalue weighted by Gasteiger charge is 2.44. The molecule has 1 aromatic heterocycles. The lowest BCUT2D eigenvalue weighted by Gasteiger charge is -2.32. The van der Waals surface area contributed by atoms with Gasteiger partial charge in [-0.3, -0.25) is 14.4 Å². The number of amides is 1. The van der Waals surface area contributed by atoms with E-state index in [2.05, 4.69) is 33.8 Å². The first kappa shape index (κ1) is 16.1. The van der Waals surface area contributed by atoms with E-state index < -0.39 is 0 Å². The van der Waals surface area contributed by atoms with Crippen LogP contribution in [0.5, 0.6) is 0 Å². The maximum absolute atomic E-state index is 12.9. The second-order valence-corrected chi connectivity index (χ2v) is 8.39. The topological polar surface area (TPSA) is 50.2 Å². The van der Waals surface area contributed by atoms with Crippen molar-refractivity contribution in [2.24, 2.45) is 5.92 Å². The highest BCUT2D eigenvalue weighted by atomic mass is 16.1. The summed E-state index contributed by atoms with van der Waals surface area (Å²) in [6.45, 7) is 8.51. The smallest absolute Gasteiger partial charge is 0.254 e. The average molecular weight is 330 g/mol. The second kappa shape index (κ2) is 6.17. The summed E-state index contributed by atoms with van der Waals surface area (Å²) in [5.74, 6) is 1.17. The highest BCUT2D eigenvalue weighted by molar-refractivity contribution is 5.95. The third-order valence-electron chi connectivity index (χ3n) is 6.02. The Morgan fingerprint density at radius 3 is 2.67 bits per heavy atom. The van der Waals surface area contributed by atoms with Gasteiger partial charge in [0.2, 0.25) is 0 Å². The second-order valence-electron chi connectivity index (χ2n) is 8.39. The number of carbonyl (C=O) groups excluding carboxylic acids is 1. The first-order valence-electron chi connectivity index (χ1n) is 9.68. The van der Waals surface area contributed by atoms with Crippen LogP contribution < -0.4 is 5.32 Å². The molecule has 3 heterocycles. The Kier molecular flexibility index (Phi) is 4.15. The van der Waals surface area contributed by atoms with Gasteiger partial charge in [0.05, 0.1) is 17.5 Å². The van der Waals surface area contributed by atoms with E-state index in [1.807, 2.05) is 0 Å². The van der Waals surface area contributed by atoms with E-state index in [0.29, 0.717) is 11.8 Å². The Morgan fingerprint density at radius 2 is 2.04 bits per heavy atom. The van der Waals surface area contributed by atoms with Gasteiger partial charge in [0.1, 0.15) is 0 Å². The summed E-state index contributed by atoms with van der Waals surface area (Å²) in [5.41, 5.74) is 2.23. The lowest BCUT2D eigenvalue weighted by atomic mass is 9.94. The average Bonchev–Trinajstić information content (AvgIpc) is 2.99. The number of rotatable bonds is 6. The predicted octanol–water partition coefficient (Wildman–Crippen LogP) is 2.77. The Labute approximate surface area is 144 Å².